The third kappa shape index (κ3) is 6.69. The monoisotopic (exact) mass is 535 g/mol. The van der Waals surface area contributed by atoms with Gasteiger partial charge >= 0.3 is 6.09 Å². The second-order valence-corrected chi connectivity index (χ2v) is 10.3. The van der Waals surface area contributed by atoms with E-state index in [9.17, 15) is 9.59 Å². The molecular formula is C34H37N3O3. The van der Waals surface area contributed by atoms with E-state index in [2.05, 4.69) is 17.1 Å². The van der Waals surface area contributed by atoms with Gasteiger partial charge in [-0.15, -0.1) is 0 Å². The standard InChI is InChI=1S/C34H37N3O3/c1-2-33(38)37(29-14-8-4-9-15-29)30-21-24-35(25-22-30)23-20-27-18-19-32(28-12-6-3-7-13-28)36(26-27)34(39)40-31-16-10-5-11-17-31/h3-19,26,30,32H,2,20-25H2,1H3. The van der Waals surface area contributed by atoms with Crippen LogP contribution in [0.3, 0.4) is 0 Å². The van der Waals surface area contributed by atoms with Crippen molar-refractivity contribution in [3.8, 4) is 5.75 Å². The molecule has 2 heterocycles. The van der Waals surface area contributed by atoms with Gasteiger partial charge in [0.25, 0.3) is 0 Å². The van der Waals surface area contributed by atoms with Crippen molar-refractivity contribution < 1.29 is 14.3 Å². The Labute approximate surface area is 237 Å². The van der Waals surface area contributed by atoms with Crippen LogP contribution in [-0.4, -0.2) is 47.5 Å². The molecule has 0 bridgehead atoms. The third-order valence-corrected chi connectivity index (χ3v) is 7.64. The van der Waals surface area contributed by atoms with Gasteiger partial charge in [0.15, 0.2) is 0 Å². The summed E-state index contributed by atoms with van der Waals surface area (Å²) in [7, 11) is 0. The summed E-state index contributed by atoms with van der Waals surface area (Å²) in [6.45, 7) is 4.70. The largest absolute Gasteiger partial charge is 0.420 e. The first kappa shape index (κ1) is 27.4. The molecule has 1 unspecified atom stereocenters. The van der Waals surface area contributed by atoms with E-state index in [-0.39, 0.29) is 18.0 Å². The Morgan fingerprint density at radius 3 is 2.15 bits per heavy atom. The molecule has 3 aromatic rings. The highest BCUT2D eigenvalue weighted by Gasteiger charge is 2.29. The minimum atomic E-state index is -0.399. The molecule has 6 heteroatoms. The number of benzene rings is 3. The van der Waals surface area contributed by atoms with E-state index < -0.39 is 6.09 Å². The Morgan fingerprint density at radius 1 is 0.875 bits per heavy atom. The summed E-state index contributed by atoms with van der Waals surface area (Å²) < 4.78 is 5.71. The first-order valence-electron chi connectivity index (χ1n) is 14.2. The number of allylic oxidation sites excluding steroid dienone is 1. The van der Waals surface area contributed by atoms with Crippen molar-refractivity contribution in [2.24, 2.45) is 0 Å². The molecule has 3 aromatic carbocycles. The zero-order valence-electron chi connectivity index (χ0n) is 23.1. The van der Waals surface area contributed by atoms with E-state index in [0.717, 1.165) is 55.7 Å². The van der Waals surface area contributed by atoms with Crippen molar-refractivity contribution in [2.45, 2.75) is 44.7 Å². The van der Waals surface area contributed by atoms with Gasteiger partial charge in [0.2, 0.25) is 5.91 Å². The van der Waals surface area contributed by atoms with Crippen LogP contribution in [0.15, 0.2) is 115 Å². The summed E-state index contributed by atoms with van der Waals surface area (Å²) in [5, 5.41) is 0. The molecule has 6 nitrogen and oxygen atoms in total. The van der Waals surface area contributed by atoms with Crippen molar-refractivity contribution in [3.05, 3.63) is 120 Å². The van der Waals surface area contributed by atoms with E-state index in [0.29, 0.717) is 12.2 Å². The number of amides is 2. The predicted octanol–water partition coefficient (Wildman–Crippen LogP) is 6.98. The fourth-order valence-corrected chi connectivity index (χ4v) is 5.49. The molecule has 0 saturated carbocycles. The molecule has 0 aromatic heterocycles. The molecule has 5 rings (SSSR count). The van der Waals surface area contributed by atoms with Crippen LogP contribution in [0.4, 0.5) is 10.5 Å². The highest BCUT2D eigenvalue weighted by molar-refractivity contribution is 5.93. The van der Waals surface area contributed by atoms with E-state index in [1.165, 1.54) is 0 Å². The Bertz CT molecular complexity index is 1320. The Hall–Kier alpha value is -4.16. The van der Waals surface area contributed by atoms with E-state index in [1.807, 2.05) is 96.9 Å². The normalized spacial score (nSPS) is 17.8. The van der Waals surface area contributed by atoms with Crippen molar-refractivity contribution in [1.29, 1.82) is 0 Å². The number of carbonyl (C=O) groups excluding carboxylic acids is 2. The predicted molar refractivity (Wildman–Crippen MR) is 159 cm³/mol. The minimum Gasteiger partial charge on any atom is -0.410 e. The molecule has 0 radical (unpaired) electrons. The second-order valence-electron chi connectivity index (χ2n) is 10.3. The Balaban J connectivity index is 1.22. The number of hydrogen-bond acceptors (Lipinski definition) is 4. The zero-order chi connectivity index (χ0) is 27.7. The quantitative estimate of drug-likeness (QED) is 0.312. The molecule has 206 valence electrons. The van der Waals surface area contributed by atoms with Gasteiger partial charge in [-0.2, -0.15) is 0 Å². The Kier molecular flexibility index (Phi) is 9.09. The lowest BCUT2D eigenvalue weighted by Crippen LogP contribution is -2.47. The van der Waals surface area contributed by atoms with Gasteiger partial charge < -0.3 is 14.5 Å². The van der Waals surface area contributed by atoms with Crippen LogP contribution in [-0.2, 0) is 4.79 Å². The van der Waals surface area contributed by atoms with E-state index in [4.69, 9.17) is 4.74 Å². The van der Waals surface area contributed by atoms with Crippen LogP contribution in [0.1, 0.15) is 44.2 Å². The average Bonchev–Trinajstić information content (AvgIpc) is 3.02. The number of ether oxygens (including phenoxy) is 1. The molecule has 0 N–H and O–H groups in total. The lowest BCUT2D eigenvalue weighted by Gasteiger charge is -2.39. The maximum atomic E-state index is 13.3. The summed E-state index contributed by atoms with van der Waals surface area (Å²) in [4.78, 5) is 32.2. The number of rotatable bonds is 8. The molecule has 0 spiro atoms. The van der Waals surface area contributed by atoms with Crippen molar-refractivity contribution >= 4 is 17.7 Å². The SMILES string of the molecule is CCC(=O)N(c1ccccc1)C1CCN(CCC2=CN(C(=O)Oc3ccccc3)C(c3ccccc3)C=C2)CC1. The molecule has 2 aliphatic rings. The van der Waals surface area contributed by atoms with Crippen LogP contribution < -0.4 is 9.64 Å². The molecule has 2 aliphatic heterocycles. The number of likely N-dealkylation sites (tertiary alicyclic amines) is 1. The lowest BCUT2D eigenvalue weighted by atomic mass is 9.99. The second kappa shape index (κ2) is 13.3. The van der Waals surface area contributed by atoms with Crippen molar-refractivity contribution in [1.82, 2.24) is 9.80 Å². The van der Waals surface area contributed by atoms with Gasteiger partial charge in [0.05, 0.1) is 6.04 Å². The van der Waals surface area contributed by atoms with Crippen LogP contribution >= 0.6 is 0 Å². The number of para-hydroxylation sites is 2. The topological polar surface area (TPSA) is 53.1 Å². The van der Waals surface area contributed by atoms with Crippen LogP contribution in [0.25, 0.3) is 0 Å². The van der Waals surface area contributed by atoms with Gasteiger partial charge in [-0.3, -0.25) is 9.69 Å². The van der Waals surface area contributed by atoms with Crippen LogP contribution in [0.2, 0.25) is 0 Å². The number of anilines is 1. The number of piperidine rings is 1. The zero-order valence-corrected chi connectivity index (χ0v) is 23.1. The van der Waals surface area contributed by atoms with Gasteiger partial charge in [0, 0.05) is 44.0 Å². The fraction of sp³-hybridized carbons (Fsp3) is 0.294. The molecule has 2 amide bonds. The maximum absolute atomic E-state index is 13.3. The summed E-state index contributed by atoms with van der Waals surface area (Å²) in [5.74, 6) is 0.704. The van der Waals surface area contributed by atoms with Gasteiger partial charge in [-0.1, -0.05) is 85.8 Å². The van der Waals surface area contributed by atoms with Crippen LogP contribution in [0, 0.1) is 0 Å². The maximum Gasteiger partial charge on any atom is 0.420 e. The smallest absolute Gasteiger partial charge is 0.410 e. The third-order valence-electron chi connectivity index (χ3n) is 7.64. The number of nitrogens with zero attached hydrogens (tertiary/aromatic N) is 3. The van der Waals surface area contributed by atoms with Crippen LogP contribution in [0.5, 0.6) is 5.75 Å². The molecule has 40 heavy (non-hydrogen) atoms. The lowest BCUT2D eigenvalue weighted by molar-refractivity contribution is -0.119. The van der Waals surface area contributed by atoms with E-state index >= 15 is 0 Å². The van der Waals surface area contributed by atoms with Gasteiger partial charge in [-0.25, -0.2) is 4.79 Å². The summed E-state index contributed by atoms with van der Waals surface area (Å²) in [6, 6.07) is 29.2. The van der Waals surface area contributed by atoms with Gasteiger partial charge in [-0.05, 0) is 54.7 Å². The minimum absolute atomic E-state index is 0.178. The van der Waals surface area contributed by atoms with Crippen molar-refractivity contribution in [3.63, 3.8) is 0 Å². The molecule has 1 fully saturated rings. The van der Waals surface area contributed by atoms with Crippen molar-refractivity contribution in [2.75, 3.05) is 24.5 Å². The molecular weight excluding hydrogens is 498 g/mol. The summed E-state index contributed by atoms with van der Waals surface area (Å²) in [6.07, 6.45) is 8.97. The summed E-state index contributed by atoms with van der Waals surface area (Å²) >= 11 is 0. The fourth-order valence-electron chi connectivity index (χ4n) is 5.49. The van der Waals surface area contributed by atoms with E-state index in [1.54, 1.807) is 17.0 Å². The highest BCUT2D eigenvalue weighted by Crippen LogP contribution is 2.30. The first-order valence-corrected chi connectivity index (χ1v) is 14.2. The highest BCUT2D eigenvalue weighted by atomic mass is 16.6. The molecule has 1 atom stereocenters. The Morgan fingerprint density at radius 2 is 1.50 bits per heavy atom. The average molecular weight is 536 g/mol. The summed E-state index contributed by atoms with van der Waals surface area (Å²) in [5.41, 5.74) is 3.11. The first-order chi connectivity index (χ1) is 19.6. The molecule has 0 aliphatic carbocycles. The van der Waals surface area contributed by atoms with Gasteiger partial charge in [0.1, 0.15) is 5.75 Å². The number of hydrogen-bond donors (Lipinski definition) is 0. The molecule has 1 saturated heterocycles. The number of carbonyl (C=O) groups is 2.